The van der Waals surface area contributed by atoms with Crippen LogP contribution < -0.4 is 5.32 Å². The Kier molecular flexibility index (Phi) is 4.48. The lowest BCUT2D eigenvalue weighted by Crippen LogP contribution is -2.12. The van der Waals surface area contributed by atoms with Crippen LogP contribution in [-0.2, 0) is 19.6 Å². The molecule has 0 fully saturated rings. The molecule has 0 saturated carbocycles. The van der Waals surface area contributed by atoms with E-state index in [4.69, 9.17) is 0 Å². The summed E-state index contributed by atoms with van der Waals surface area (Å²) in [6.45, 7) is 4.74. The molecule has 1 aromatic carbocycles. The number of hydrogen-bond acceptors (Lipinski definition) is 3. The summed E-state index contributed by atoms with van der Waals surface area (Å²) in [6, 6.07) is 13.0. The highest BCUT2D eigenvalue weighted by Gasteiger charge is 2.01. The van der Waals surface area contributed by atoms with E-state index in [0.717, 1.165) is 25.5 Å². The van der Waals surface area contributed by atoms with E-state index in [9.17, 15) is 0 Å². The van der Waals surface area contributed by atoms with Crippen LogP contribution in [0.15, 0.2) is 54.2 Å². The molecule has 2 heterocycles. The fraction of sp³-hybridized carbons (Fsp3) is 0.235. The molecule has 0 unspecified atom stereocenters. The van der Waals surface area contributed by atoms with Crippen LogP contribution in [-0.4, -0.2) is 9.55 Å². The van der Waals surface area contributed by atoms with Crippen molar-refractivity contribution in [1.82, 2.24) is 14.9 Å². The normalized spacial score (nSPS) is 10.9. The van der Waals surface area contributed by atoms with Crippen molar-refractivity contribution >= 4 is 11.3 Å². The topological polar surface area (TPSA) is 29.9 Å². The highest BCUT2D eigenvalue weighted by Crippen LogP contribution is 2.10. The van der Waals surface area contributed by atoms with Gasteiger partial charge in [0.25, 0.3) is 0 Å². The highest BCUT2D eigenvalue weighted by atomic mass is 32.1. The second kappa shape index (κ2) is 6.70. The van der Waals surface area contributed by atoms with Crippen molar-refractivity contribution < 1.29 is 0 Å². The molecule has 0 radical (unpaired) electrons. The molecule has 3 rings (SSSR count). The monoisotopic (exact) mass is 297 g/mol. The van der Waals surface area contributed by atoms with Gasteiger partial charge in [-0.05, 0) is 29.5 Å². The van der Waals surface area contributed by atoms with E-state index in [1.165, 1.54) is 16.0 Å². The van der Waals surface area contributed by atoms with Gasteiger partial charge < -0.3 is 9.88 Å². The second-order valence-electron chi connectivity index (χ2n) is 5.11. The van der Waals surface area contributed by atoms with Gasteiger partial charge in [0.2, 0.25) is 0 Å². The number of aryl methyl sites for hydroxylation is 1. The summed E-state index contributed by atoms with van der Waals surface area (Å²) in [6.07, 6.45) is 3.87. The standard InChI is InChI=1S/C17H19N3S/c1-14-19-7-8-20(14)13-16-5-2-4-15(10-16)11-18-12-17-6-3-9-21-17/h2-10,18H,11-13H2,1H3. The number of hydrogen-bond donors (Lipinski definition) is 1. The summed E-state index contributed by atoms with van der Waals surface area (Å²) >= 11 is 1.79. The summed E-state index contributed by atoms with van der Waals surface area (Å²) in [5.74, 6) is 1.05. The third kappa shape index (κ3) is 3.80. The molecule has 21 heavy (non-hydrogen) atoms. The van der Waals surface area contributed by atoms with Crippen LogP contribution in [0.1, 0.15) is 21.8 Å². The van der Waals surface area contributed by atoms with Crippen molar-refractivity contribution in [3.8, 4) is 0 Å². The third-order valence-corrected chi connectivity index (χ3v) is 4.35. The Balaban J connectivity index is 1.59. The molecular formula is C17H19N3S. The van der Waals surface area contributed by atoms with Crippen LogP contribution in [0.2, 0.25) is 0 Å². The molecule has 0 amide bonds. The maximum atomic E-state index is 4.27. The first-order valence-corrected chi connectivity index (χ1v) is 7.98. The van der Waals surface area contributed by atoms with E-state index in [0.29, 0.717) is 0 Å². The SMILES string of the molecule is Cc1nccn1Cc1cccc(CNCc2cccs2)c1. The molecule has 3 nitrogen and oxygen atoms in total. The Morgan fingerprint density at radius 2 is 2.05 bits per heavy atom. The van der Waals surface area contributed by atoms with Crippen molar-refractivity contribution in [2.45, 2.75) is 26.6 Å². The number of aromatic nitrogens is 2. The van der Waals surface area contributed by atoms with E-state index in [-0.39, 0.29) is 0 Å². The maximum Gasteiger partial charge on any atom is 0.105 e. The molecular weight excluding hydrogens is 278 g/mol. The van der Waals surface area contributed by atoms with E-state index in [1.54, 1.807) is 11.3 Å². The predicted octanol–water partition coefficient (Wildman–Crippen LogP) is 3.59. The van der Waals surface area contributed by atoms with Crippen molar-refractivity contribution in [1.29, 1.82) is 0 Å². The first kappa shape index (κ1) is 14.0. The molecule has 2 aromatic heterocycles. The molecule has 0 saturated heterocycles. The van der Waals surface area contributed by atoms with Crippen LogP contribution in [0, 0.1) is 6.92 Å². The van der Waals surface area contributed by atoms with Crippen LogP contribution in [0.3, 0.4) is 0 Å². The van der Waals surface area contributed by atoms with Gasteiger partial charge in [-0.1, -0.05) is 30.3 Å². The van der Waals surface area contributed by atoms with Crippen LogP contribution >= 0.6 is 11.3 Å². The van der Waals surface area contributed by atoms with Crippen molar-refractivity contribution in [3.05, 3.63) is 76.0 Å². The van der Waals surface area contributed by atoms with Gasteiger partial charge in [-0.15, -0.1) is 11.3 Å². The Morgan fingerprint density at radius 3 is 2.81 bits per heavy atom. The first-order chi connectivity index (χ1) is 10.3. The number of nitrogens with one attached hydrogen (secondary N) is 1. The number of imidazole rings is 1. The zero-order chi connectivity index (χ0) is 14.5. The quantitative estimate of drug-likeness (QED) is 0.753. The lowest BCUT2D eigenvalue weighted by molar-refractivity contribution is 0.698. The molecule has 0 aliphatic rings. The smallest absolute Gasteiger partial charge is 0.105 e. The van der Waals surface area contributed by atoms with Gasteiger partial charge in [-0.2, -0.15) is 0 Å². The van der Waals surface area contributed by atoms with Crippen molar-refractivity contribution in [3.63, 3.8) is 0 Å². The Morgan fingerprint density at radius 1 is 1.14 bits per heavy atom. The minimum absolute atomic E-state index is 0.880. The van der Waals surface area contributed by atoms with Gasteiger partial charge >= 0.3 is 0 Å². The summed E-state index contributed by atoms with van der Waals surface area (Å²) in [5, 5.41) is 5.61. The lowest BCUT2D eigenvalue weighted by atomic mass is 10.1. The van der Waals surface area contributed by atoms with Gasteiger partial charge in [0.05, 0.1) is 0 Å². The average molecular weight is 297 g/mol. The Labute approximate surface area is 129 Å². The molecule has 0 aliphatic carbocycles. The minimum Gasteiger partial charge on any atom is -0.331 e. The minimum atomic E-state index is 0.880. The summed E-state index contributed by atoms with van der Waals surface area (Å²) in [5.41, 5.74) is 2.63. The highest BCUT2D eigenvalue weighted by molar-refractivity contribution is 7.09. The van der Waals surface area contributed by atoms with Gasteiger partial charge in [0.15, 0.2) is 0 Å². The van der Waals surface area contributed by atoms with Crippen LogP contribution in [0.4, 0.5) is 0 Å². The fourth-order valence-corrected chi connectivity index (χ4v) is 3.02. The van der Waals surface area contributed by atoms with E-state index in [2.05, 4.69) is 56.6 Å². The van der Waals surface area contributed by atoms with Crippen molar-refractivity contribution in [2.24, 2.45) is 0 Å². The number of rotatable bonds is 6. The second-order valence-corrected chi connectivity index (χ2v) is 6.14. The third-order valence-electron chi connectivity index (χ3n) is 3.48. The fourth-order valence-electron chi connectivity index (χ4n) is 2.35. The first-order valence-electron chi connectivity index (χ1n) is 7.10. The maximum absolute atomic E-state index is 4.27. The summed E-state index contributed by atoms with van der Waals surface area (Å²) < 4.78 is 2.16. The lowest BCUT2D eigenvalue weighted by Gasteiger charge is -2.08. The largest absolute Gasteiger partial charge is 0.331 e. The molecule has 0 aliphatic heterocycles. The molecule has 0 atom stereocenters. The number of thiophene rings is 1. The zero-order valence-corrected chi connectivity index (χ0v) is 12.9. The summed E-state index contributed by atoms with van der Waals surface area (Å²) in [4.78, 5) is 5.64. The molecule has 0 spiro atoms. The van der Waals surface area contributed by atoms with E-state index in [1.807, 2.05) is 19.3 Å². The van der Waals surface area contributed by atoms with Crippen molar-refractivity contribution in [2.75, 3.05) is 0 Å². The van der Waals surface area contributed by atoms with Crippen LogP contribution in [0.25, 0.3) is 0 Å². The molecule has 0 bridgehead atoms. The Hall–Kier alpha value is -1.91. The zero-order valence-electron chi connectivity index (χ0n) is 12.1. The number of nitrogens with zero attached hydrogens (tertiary/aromatic N) is 2. The Bertz CT molecular complexity index is 686. The number of benzene rings is 1. The van der Waals surface area contributed by atoms with Crippen LogP contribution in [0.5, 0.6) is 0 Å². The predicted molar refractivity (Wildman–Crippen MR) is 87.4 cm³/mol. The van der Waals surface area contributed by atoms with Gasteiger partial charge in [-0.25, -0.2) is 4.98 Å². The molecule has 108 valence electrons. The average Bonchev–Trinajstić information content (AvgIpc) is 3.12. The van der Waals surface area contributed by atoms with Gasteiger partial charge in [0.1, 0.15) is 5.82 Å². The van der Waals surface area contributed by atoms with Gasteiger partial charge in [-0.3, -0.25) is 0 Å². The van der Waals surface area contributed by atoms with Gasteiger partial charge in [0, 0.05) is 36.9 Å². The molecule has 4 heteroatoms. The van der Waals surface area contributed by atoms with E-state index >= 15 is 0 Å². The summed E-state index contributed by atoms with van der Waals surface area (Å²) in [7, 11) is 0. The molecule has 1 N–H and O–H groups in total. The molecule has 3 aromatic rings. The van der Waals surface area contributed by atoms with E-state index < -0.39 is 0 Å².